The topological polar surface area (TPSA) is 63.4 Å². The zero-order chi connectivity index (χ0) is 12.5. The Hall–Kier alpha value is -1.33. The van der Waals surface area contributed by atoms with Crippen LogP contribution >= 0.6 is 0 Å². The molecule has 0 aromatic carbocycles. The van der Waals surface area contributed by atoms with Crippen LogP contribution in [0.2, 0.25) is 0 Å². The van der Waals surface area contributed by atoms with Gasteiger partial charge in [0.2, 0.25) is 0 Å². The number of hydrogen-bond donors (Lipinski definition) is 2. The summed E-state index contributed by atoms with van der Waals surface area (Å²) >= 11 is 0. The summed E-state index contributed by atoms with van der Waals surface area (Å²) < 4.78 is 5.88. The number of hydrogen-bond acceptors (Lipinski definition) is 5. The molecule has 1 fully saturated rings. The zero-order valence-electron chi connectivity index (χ0n) is 10.6. The molecule has 94 valence electrons. The number of nitrogens with zero attached hydrogens (tertiary/aromatic N) is 2. The summed E-state index contributed by atoms with van der Waals surface area (Å²) in [6.07, 6.45) is 1.98. The maximum atomic E-state index is 5.88. The van der Waals surface area contributed by atoms with Gasteiger partial charge in [-0.1, -0.05) is 0 Å². The molecule has 0 amide bonds. The fraction of sp³-hybridized carbons (Fsp3) is 0.583. The summed E-state index contributed by atoms with van der Waals surface area (Å²) in [7, 11) is 0. The monoisotopic (exact) mass is 236 g/mol. The number of rotatable bonds is 2. The Bertz CT molecular complexity index is 394. The smallest absolute Gasteiger partial charge is 0.141 e. The molecule has 0 aliphatic carbocycles. The average Bonchev–Trinajstić information content (AvgIpc) is 2.26. The molecule has 3 N–H and O–H groups in total. The van der Waals surface area contributed by atoms with E-state index in [0.29, 0.717) is 5.82 Å². The van der Waals surface area contributed by atoms with Crippen LogP contribution in [0, 0.1) is 0 Å². The Kier molecular flexibility index (Phi) is 3.22. The molecule has 5 nitrogen and oxygen atoms in total. The summed E-state index contributed by atoms with van der Waals surface area (Å²) in [6, 6.07) is 3.95. The van der Waals surface area contributed by atoms with Crippen molar-refractivity contribution in [2.24, 2.45) is 5.84 Å². The zero-order valence-corrected chi connectivity index (χ0v) is 10.6. The van der Waals surface area contributed by atoms with E-state index in [9.17, 15) is 0 Å². The van der Waals surface area contributed by atoms with E-state index in [1.165, 1.54) is 0 Å². The average molecular weight is 236 g/mol. The summed E-state index contributed by atoms with van der Waals surface area (Å²) in [5, 5.41) is 0. The normalized spacial score (nSPS) is 23.5. The second-order valence-electron chi connectivity index (χ2n) is 5.11. The lowest BCUT2D eigenvalue weighted by atomic mass is 10.1. The molecule has 2 heterocycles. The lowest BCUT2D eigenvalue weighted by Gasteiger charge is -2.42. The number of morpholine rings is 1. The van der Waals surface area contributed by atoms with Gasteiger partial charge in [0.1, 0.15) is 5.82 Å². The predicted octanol–water partition coefficient (Wildman–Crippen LogP) is 1.37. The highest BCUT2D eigenvalue weighted by Gasteiger charge is 2.31. The minimum absolute atomic E-state index is 0.128. The number of nitrogens with two attached hydrogens (primary N) is 1. The quantitative estimate of drug-likeness (QED) is 0.600. The van der Waals surface area contributed by atoms with Gasteiger partial charge < -0.3 is 15.1 Å². The third-order valence-electron chi connectivity index (χ3n) is 2.83. The van der Waals surface area contributed by atoms with Crippen LogP contribution in [0.15, 0.2) is 18.3 Å². The van der Waals surface area contributed by atoms with Crippen LogP contribution in [0.1, 0.15) is 20.8 Å². The van der Waals surface area contributed by atoms with Crippen molar-refractivity contribution in [3.8, 4) is 0 Å². The van der Waals surface area contributed by atoms with Crippen molar-refractivity contribution in [3.63, 3.8) is 0 Å². The number of ether oxygens (including phenoxy) is 1. The number of pyridine rings is 1. The highest BCUT2D eigenvalue weighted by atomic mass is 16.5. The van der Waals surface area contributed by atoms with E-state index >= 15 is 0 Å². The first-order valence-electron chi connectivity index (χ1n) is 5.85. The fourth-order valence-electron chi connectivity index (χ4n) is 2.35. The Morgan fingerprint density at radius 1 is 1.59 bits per heavy atom. The van der Waals surface area contributed by atoms with E-state index in [2.05, 4.69) is 36.1 Å². The second-order valence-corrected chi connectivity index (χ2v) is 5.11. The van der Waals surface area contributed by atoms with Gasteiger partial charge in [-0.3, -0.25) is 0 Å². The van der Waals surface area contributed by atoms with Gasteiger partial charge in [0.05, 0.1) is 11.7 Å². The highest BCUT2D eigenvalue weighted by molar-refractivity contribution is 5.54. The van der Waals surface area contributed by atoms with Crippen LogP contribution in [0.3, 0.4) is 0 Å². The molecule has 2 rings (SSSR count). The van der Waals surface area contributed by atoms with Gasteiger partial charge >= 0.3 is 0 Å². The molecule has 0 bridgehead atoms. The van der Waals surface area contributed by atoms with E-state index in [-0.39, 0.29) is 11.7 Å². The summed E-state index contributed by atoms with van der Waals surface area (Å²) in [6.45, 7) is 8.07. The van der Waals surface area contributed by atoms with E-state index in [1.54, 1.807) is 6.20 Å². The Morgan fingerprint density at radius 2 is 2.35 bits per heavy atom. The molecular formula is C12H20N4O. The number of hydrazine groups is 1. The first-order valence-corrected chi connectivity index (χ1v) is 5.85. The molecule has 0 spiro atoms. The molecule has 5 heteroatoms. The van der Waals surface area contributed by atoms with Crippen molar-refractivity contribution in [1.82, 2.24) is 4.98 Å². The summed E-state index contributed by atoms with van der Waals surface area (Å²) in [4.78, 5) is 6.42. The third-order valence-corrected chi connectivity index (χ3v) is 2.83. The van der Waals surface area contributed by atoms with Crippen LogP contribution in [-0.4, -0.2) is 29.8 Å². The first-order chi connectivity index (χ1) is 8.00. The van der Waals surface area contributed by atoms with E-state index in [4.69, 9.17) is 10.6 Å². The molecule has 1 unspecified atom stereocenters. The molecule has 1 saturated heterocycles. The summed E-state index contributed by atoms with van der Waals surface area (Å²) in [5.74, 6) is 6.05. The Balaban J connectivity index is 2.20. The van der Waals surface area contributed by atoms with Crippen LogP contribution in [-0.2, 0) is 4.74 Å². The molecule has 1 aliphatic rings. The molecular weight excluding hydrogens is 216 g/mol. The van der Waals surface area contributed by atoms with Gasteiger partial charge in [-0.15, -0.1) is 0 Å². The van der Waals surface area contributed by atoms with Crippen molar-refractivity contribution in [2.75, 3.05) is 23.4 Å². The van der Waals surface area contributed by atoms with Crippen molar-refractivity contribution in [1.29, 1.82) is 0 Å². The van der Waals surface area contributed by atoms with Crippen LogP contribution in [0.4, 0.5) is 11.5 Å². The van der Waals surface area contributed by atoms with Gasteiger partial charge in [-0.25, -0.2) is 10.8 Å². The highest BCUT2D eigenvalue weighted by Crippen LogP contribution is 2.26. The molecule has 1 aliphatic heterocycles. The number of aromatic nitrogens is 1. The standard InChI is InChI=1S/C12H20N4O/c1-9-7-16(8-12(2,3)17-9)10-4-5-14-11(6-10)15-13/h4-6,9H,7-8,13H2,1-3H3,(H,14,15). The lowest BCUT2D eigenvalue weighted by molar-refractivity contribution is -0.0749. The van der Waals surface area contributed by atoms with Crippen molar-refractivity contribution >= 4 is 11.5 Å². The van der Waals surface area contributed by atoms with Crippen LogP contribution < -0.4 is 16.2 Å². The molecule has 1 aromatic heterocycles. The van der Waals surface area contributed by atoms with Crippen molar-refractivity contribution < 1.29 is 4.74 Å². The van der Waals surface area contributed by atoms with Crippen LogP contribution in [0.5, 0.6) is 0 Å². The van der Waals surface area contributed by atoms with E-state index in [1.807, 2.05) is 12.1 Å². The molecule has 17 heavy (non-hydrogen) atoms. The third kappa shape index (κ3) is 2.87. The molecule has 1 aromatic rings. The largest absolute Gasteiger partial charge is 0.369 e. The number of nitrogens with one attached hydrogen (secondary N) is 1. The van der Waals surface area contributed by atoms with Crippen molar-refractivity contribution in [2.45, 2.75) is 32.5 Å². The summed E-state index contributed by atoms with van der Waals surface area (Å²) in [5.41, 5.74) is 3.56. The maximum Gasteiger partial charge on any atom is 0.141 e. The van der Waals surface area contributed by atoms with E-state index in [0.717, 1.165) is 18.8 Å². The SMILES string of the molecule is CC1CN(c2ccnc(NN)c2)CC(C)(C)O1. The fourth-order valence-corrected chi connectivity index (χ4v) is 2.35. The second kappa shape index (κ2) is 4.50. The predicted molar refractivity (Wildman–Crippen MR) is 68.9 cm³/mol. The Morgan fingerprint density at radius 3 is 3.00 bits per heavy atom. The molecule has 0 radical (unpaired) electrons. The minimum Gasteiger partial charge on any atom is -0.369 e. The van der Waals surface area contributed by atoms with Gasteiger partial charge in [-0.2, -0.15) is 0 Å². The van der Waals surface area contributed by atoms with Crippen molar-refractivity contribution in [3.05, 3.63) is 18.3 Å². The van der Waals surface area contributed by atoms with Gasteiger partial charge in [0.15, 0.2) is 0 Å². The molecule has 1 atom stereocenters. The number of anilines is 2. The maximum absolute atomic E-state index is 5.88. The Labute approximate surface area is 102 Å². The molecule has 0 saturated carbocycles. The lowest BCUT2D eigenvalue weighted by Crippen LogP contribution is -2.52. The van der Waals surface area contributed by atoms with Gasteiger partial charge in [0, 0.05) is 31.0 Å². The van der Waals surface area contributed by atoms with Crippen LogP contribution in [0.25, 0.3) is 0 Å². The van der Waals surface area contributed by atoms with Gasteiger partial charge in [0.25, 0.3) is 0 Å². The minimum atomic E-state index is -0.128. The van der Waals surface area contributed by atoms with Gasteiger partial charge in [-0.05, 0) is 26.8 Å². The number of nitrogen functional groups attached to an aromatic ring is 1. The first kappa shape index (κ1) is 12.1. The van der Waals surface area contributed by atoms with E-state index < -0.39 is 0 Å².